The minimum Gasteiger partial charge on any atom is -0.497 e. The number of methoxy groups -OCH3 is 1. The Balaban J connectivity index is 1.43. The lowest BCUT2D eigenvalue weighted by atomic mass is 10.2. The Bertz CT molecular complexity index is 905. The van der Waals surface area contributed by atoms with Gasteiger partial charge in [-0.05, 0) is 48.5 Å². The number of nitrogens with zero attached hydrogens (tertiary/aromatic N) is 2. The van der Waals surface area contributed by atoms with Crippen LogP contribution in [-0.2, 0) is 13.1 Å². The van der Waals surface area contributed by atoms with Crippen LogP contribution in [0.4, 0.5) is 0 Å². The van der Waals surface area contributed by atoms with Gasteiger partial charge < -0.3 is 18.6 Å². The number of ether oxygens (including phenoxy) is 3. The van der Waals surface area contributed by atoms with Crippen molar-refractivity contribution in [3.05, 3.63) is 60.0 Å². The maximum absolute atomic E-state index is 5.67. The first-order valence-corrected chi connectivity index (χ1v) is 8.95. The Hall–Kier alpha value is -2.99. The molecule has 4 rings (SSSR count). The number of benzene rings is 2. The van der Waals surface area contributed by atoms with Gasteiger partial charge in [0.25, 0.3) is 0 Å². The fourth-order valence-corrected chi connectivity index (χ4v) is 3.05. The molecule has 0 N–H and O–H groups in total. The minimum absolute atomic E-state index is 0.295. The molecule has 1 aliphatic heterocycles. The van der Waals surface area contributed by atoms with Gasteiger partial charge in [0.1, 0.15) is 12.0 Å². The lowest BCUT2D eigenvalue weighted by Crippen LogP contribution is -2.22. The van der Waals surface area contributed by atoms with Gasteiger partial charge in [0.05, 0.1) is 12.8 Å². The first kappa shape index (κ1) is 17.4. The summed E-state index contributed by atoms with van der Waals surface area (Å²) < 4.78 is 21.7. The molecule has 2 heterocycles. The summed E-state index contributed by atoms with van der Waals surface area (Å²) in [7, 11) is 1.65. The van der Waals surface area contributed by atoms with Crippen molar-refractivity contribution in [1.82, 2.24) is 9.88 Å². The summed E-state index contributed by atoms with van der Waals surface area (Å²) in [4.78, 5) is 6.93. The predicted molar refractivity (Wildman–Crippen MR) is 101 cm³/mol. The number of oxazole rings is 1. The maximum Gasteiger partial charge on any atom is 0.231 e. The fraction of sp³-hybridized carbons (Fsp3) is 0.286. The summed E-state index contributed by atoms with van der Waals surface area (Å²) >= 11 is 0. The molecule has 2 aromatic carbocycles. The number of hydrogen-bond acceptors (Lipinski definition) is 6. The van der Waals surface area contributed by atoms with Crippen LogP contribution >= 0.6 is 0 Å². The third kappa shape index (κ3) is 3.90. The largest absolute Gasteiger partial charge is 0.497 e. The Labute approximate surface area is 158 Å². The number of fused-ring (bicyclic) bond motifs is 1. The van der Waals surface area contributed by atoms with Gasteiger partial charge >= 0.3 is 0 Å². The SMILES string of the molecule is CCN(Cc1ccc2c(c1)OCO2)Cc1coc(-c2ccc(OC)cc2)n1. The standard InChI is InChI=1S/C21H22N2O4/c1-3-23(11-15-4-9-19-20(10-15)27-14-26-19)12-17-13-25-21(22-17)16-5-7-18(24-2)8-6-16/h4-10,13H,3,11-12,14H2,1-2H3. The van der Waals surface area contributed by atoms with Crippen molar-refractivity contribution < 1.29 is 18.6 Å². The molecule has 1 aliphatic rings. The third-order valence-corrected chi connectivity index (χ3v) is 4.56. The summed E-state index contributed by atoms with van der Waals surface area (Å²) in [6, 6.07) is 13.8. The predicted octanol–water partition coefficient (Wildman–Crippen LogP) is 4.10. The normalized spacial score (nSPS) is 12.6. The number of rotatable bonds is 7. The molecular weight excluding hydrogens is 344 g/mol. The zero-order valence-electron chi connectivity index (χ0n) is 15.5. The van der Waals surface area contributed by atoms with Gasteiger partial charge in [0.2, 0.25) is 12.7 Å². The van der Waals surface area contributed by atoms with Crippen LogP contribution in [0.1, 0.15) is 18.2 Å². The van der Waals surface area contributed by atoms with Crippen LogP contribution in [0.3, 0.4) is 0 Å². The van der Waals surface area contributed by atoms with Gasteiger partial charge in [-0.15, -0.1) is 0 Å². The van der Waals surface area contributed by atoms with E-state index in [0.29, 0.717) is 19.2 Å². The van der Waals surface area contributed by atoms with Crippen LogP contribution < -0.4 is 14.2 Å². The highest BCUT2D eigenvalue weighted by Gasteiger charge is 2.15. The molecule has 6 nitrogen and oxygen atoms in total. The van der Waals surface area contributed by atoms with Gasteiger partial charge in [-0.25, -0.2) is 4.98 Å². The second-order valence-electron chi connectivity index (χ2n) is 6.36. The molecule has 0 saturated heterocycles. The quantitative estimate of drug-likeness (QED) is 0.627. The van der Waals surface area contributed by atoms with Crippen molar-refractivity contribution in [2.75, 3.05) is 20.4 Å². The van der Waals surface area contributed by atoms with E-state index in [4.69, 9.17) is 18.6 Å². The van der Waals surface area contributed by atoms with Gasteiger partial charge in [0, 0.05) is 18.7 Å². The summed E-state index contributed by atoms with van der Waals surface area (Å²) in [5, 5.41) is 0. The molecule has 0 saturated carbocycles. The minimum atomic E-state index is 0.295. The monoisotopic (exact) mass is 366 g/mol. The highest BCUT2D eigenvalue weighted by Crippen LogP contribution is 2.33. The fourth-order valence-electron chi connectivity index (χ4n) is 3.05. The van der Waals surface area contributed by atoms with Crippen LogP contribution in [0.25, 0.3) is 11.5 Å². The van der Waals surface area contributed by atoms with Crippen molar-refractivity contribution in [3.8, 4) is 28.7 Å². The molecule has 0 amide bonds. The highest BCUT2D eigenvalue weighted by molar-refractivity contribution is 5.54. The van der Waals surface area contributed by atoms with Crippen LogP contribution in [0.5, 0.6) is 17.2 Å². The van der Waals surface area contributed by atoms with Gasteiger partial charge in [-0.1, -0.05) is 13.0 Å². The Morgan fingerprint density at radius 1 is 1.04 bits per heavy atom. The summed E-state index contributed by atoms with van der Waals surface area (Å²) in [5.41, 5.74) is 3.02. The zero-order chi connectivity index (χ0) is 18.6. The van der Waals surface area contributed by atoms with Crippen LogP contribution in [0.2, 0.25) is 0 Å². The van der Waals surface area contributed by atoms with E-state index < -0.39 is 0 Å². The third-order valence-electron chi connectivity index (χ3n) is 4.56. The molecular formula is C21H22N2O4. The first-order valence-electron chi connectivity index (χ1n) is 8.95. The summed E-state index contributed by atoms with van der Waals surface area (Å²) in [6.45, 7) is 4.85. The maximum atomic E-state index is 5.67. The molecule has 0 radical (unpaired) electrons. The molecule has 0 atom stereocenters. The molecule has 0 fully saturated rings. The van der Waals surface area contributed by atoms with Crippen molar-refractivity contribution in [1.29, 1.82) is 0 Å². The number of hydrogen-bond donors (Lipinski definition) is 0. The van der Waals surface area contributed by atoms with Crippen LogP contribution in [0, 0.1) is 0 Å². The molecule has 140 valence electrons. The summed E-state index contributed by atoms with van der Waals surface area (Å²) in [5.74, 6) is 3.05. The average molecular weight is 366 g/mol. The highest BCUT2D eigenvalue weighted by atomic mass is 16.7. The lowest BCUT2D eigenvalue weighted by molar-refractivity contribution is 0.174. The number of aromatic nitrogens is 1. The van der Waals surface area contributed by atoms with Gasteiger partial charge in [0.15, 0.2) is 11.5 Å². The molecule has 6 heteroatoms. The van der Waals surface area contributed by atoms with Crippen molar-refractivity contribution in [3.63, 3.8) is 0 Å². The molecule has 0 aliphatic carbocycles. The van der Waals surface area contributed by atoms with E-state index in [-0.39, 0.29) is 0 Å². The molecule has 0 unspecified atom stereocenters. The molecule has 1 aromatic heterocycles. The average Bonchev–Trinajstić information content (AvgIpc) is 3.36. The van der Waals surface area contributed by atoms with E-state index in [1.54, 1.807) is 13.4 Å². The smallest absolute Gasteiger partial charge is 0.231 e. The van der Waals surface area contributed by atoms with E-state index in [1.165, 1.54) is 5.56 Å². The second-order valence-corrected chi connectivity index (χ2v) is 6.36. The second kappa shape index (κ2) is 7.72. The van der Waals surface area contributed by atoms with Crippen molar-refractivity contribution in [2.45, 2.75) is 20.0 Å². The molecule has 0 spiro atoms. The van der Waals surface area contributed by atoms with E-state index in [9.17, 15) is 0 Å². The Morgan fingerprint density at radius 2 is 1.85 bits per heavy atom. The lowest BCUT2D eigenvalue weighted by Gasteiger charge is -2.19. The van der Waals surface area contributed by atoms with E-state index in [2.05, 4.69) is 22.9 Å². The van der Waals surface area contributed by atoms with Crippen molar-refractivity contribution >= 4 is 0 Å². The molecule has 27 heavy (non-hydrogen) atoms. The van der Waals surface area contributed by atoms with Gasteiger partial charge in [-0.2, -0.15) is 0 Å². The van der Waals surface area contributed by atoms with E-state index in [1.807, 2.05) is 36.4 Å². The zero-order valence-corrected chi connectivity index (χ0v) is 15.5. The van der Waals surface area contributed by atoms with Crippen molar-refractivity contribution in [2.24, 2.45) is 0 Å². The summed E-state index contributed by atoms with van der Waals surface area (Å²) in [6.07, 6.45) is 1.72. The topological polar surface area (TPSA) is 57.0 Å². The Kier molecular flexibility index (Phi) is 4.98. The van der Waals surface area contributed by atoms with E-state index in [0.717, 1.165) is 41.6 Å². The Morgan fingerprint density at radius 3 is 2.63 bits per heavy atom. The molecule has 0 bridgehead atoms. The van der Waals surface area contributed by atoms with Crippen LogP contribution in [-0.4, -0.2) is 30.3 Å². The van der Waals surface area contributed by atoms with Crippen LogP contribution in [0.15, 0.2) is 53.1 Å². The molecule has 3 aromatic rings. The van der Waals surface area contributed by atoms with Gasteiger partial charge in [-0.3, -0.25) is 4.90 Å². The first-order chi connectivity index (χ1) is 13.2. The van der Waals surface area contributed by atoms with E-state index >= 15 is 0 Å².